The lowest BCUT2D eigenvalue weighted by Gasteiger charge is -2.31. The Hall–Kier alpha value is -0.640. The van der Waals surface area contributed by atoms with E-state index in [1.165, 1.54) is 0 Å². The van der Waals surface area contributed by atoms with E-state index < -0.39 is 6.43 Å². The van der Waals surface area contributed by atoms with Crippen molar-refractivity contribution in [3.8, 4) is 0 Å². The molecule has 1 nitrogen and oxygen atoms in total. The first-order chi connectivity index (χ1) is 7.16. The predicted octanol–water partition coefficient (Wildman–Crippen LogP) is 3.47. The Morgan fingerprint density at radius 3 is 2.93 bits per heavy atom. The zero-order valence-electron chi connectivity index (χ0n) is 8.22. The van der Waals surface area contributed by atoms with Gasteiger partial charge >= 0.3 is 0 Å². The van der Waals surface area contributed by atoms with Crippen LogP contribution in [-0.2, 0) is 6.42 Å². The van der Waals surface area contributed by atoms with E-state index in [9.17, 15) is 8.78 Å². The Bertz CT molecular complexity index is 354. The lowest BCUT2D eigenvalue weighted by Crippen LogP contribution is -2.33. The molecule has 0 N–H and O–H groups in total. The zero-order valence-corrected chi connectivity index (χ0v) is 9.80. The smallest absolute Gasteiger partial charge is 0.255 e. The van der Waals surface area contributed by atoms with E-state index in [4.69, 9.17) is 0 Å². The van der Waals surface area contributed by atoms with Gasteiger partial charge in [-0.2, -0.15) is 0 Å². The van der Waals surface area contributed by atoms with Gasteiger partial charge in [-0.25, -0.2) is 8.78 Å². The maximum absolute atomic E-state index is 12.3. The average molecular weight is 276 g/mol. The third-order valence-electron chi connectivity index (χ3n) is 2.61. The monoisotopic (exact) mass is 275 g/mol. The minimum absolute atomic E-state index is 0.158. The lowest BCUT2D eigenvalue weighted by atomic mass is 10.0. The molecular weight excluding hydrogens is 264 g/mol. The number of halogens is 3. The number of hydrogen-bond acceptors (Lipinski definition) is 1. The summed E-state index contributed by atoms with van der Waals surface area (Å²) in [5.41, 5.74) is 2.13. The maximum atomic E-state index is 12.3. The van der Waals surface area contributed by atoms with E-state index in [1.807, 2.05) is 18.2 Å². The summed E-state index contributed by atoms with van der Waals surface area (Å²) in [6, 6.07) is 5.84. The summed E-state index contributed by atoms with van der Waals surface area (Å²) in [4.78, 5) is 1.77. The van der Waals surface area contributed by atoms with Crippen LogP contribution in [0.5, 0.6) is 0 Å². The van der Waals surface area contributed by atoms with Crippen molar-refractivity contribution in [1.82, 2.24) is 0 Å². The highest BCUT2D eigenvalue weighted by atomic mass is 79.9. The molecule has 2 rings (SSSR count). The highest BCUT2D eigenvalue weighted by molar-refractivity contribution is 9.10. The molecule has 1 aliphatic heterocycles. The number of fused-ring (bicyclic) bond motifs is 1. The summed E-state index contributed by atoms with van der Waals surface area (Å²) < 4.78 is 25.7. The van der Waals surface area contributed by atoms with Gasteiger partial charge in [0, 0.05) is 16.7 Å². The zero-order chi connectivity index (χ0) is 10.8. The number of rotatable bonds is 2. The van der Waals surface area contributed by atoms with Crippen LogP contribution in [0.3, 0.4) is 0 Å². The Kier molecular flexibility index (Phi) is 3.24. The summed E-state index contributed by atoms with van der Waals surface area (Å²) >= 11 is 3.39. The summed E-state index contributed by atoms with van der Waals surface area (Å²) in [5, 5.41) is 0. The molecule has 0 spiro atoms. The second-order valence-electron chi connectivity index (χ2n) is 3.71. The van der Waals surface area contributed by atoms with Crippen LogP contribution < -0.4 is 4.90 Å². The highest BCUT2D eigenvalue weighted by Gasteiger charge is 2.19. The molecule has 0 unspecified atom stereocenters. The second-order valence-corrected chi connectivity index (χ2v) is 4.63. The van der Waals surface area contributed by atoms with Crippen LogP contribution >= 0.6 is 15.9 Å². The summed E-state index contributed by atoms with van der Waals surface area (Å²) in [6.45, 7) is 0.577. The van der Waals surface area contributed by atoms with E-state index in [0.29, 0.717) is 0 Å². The van der Waals surface area contributed by atoms with Crippen molar-refractivity contribution >= 4 is 21.6 Å². The fourth-order valence-corrected chi connectivity index (χ4v) is 2.41. The van der Waals surface area contributed by atoms with Crippen molar-refractivity contribution in [3.05, 3.63) is 28.2 Å². The fourth-order valence-electron chi connectivity index (χ4n) is 2.00. The van der Waals surface area contributed by atoms with E-state index in [2.05, 4.69) is 15.9 Å². The molecule has 1 aliphatic rings. The number of nitrogens with zero attached hydrogens (tertiary/aromatic N) is 1. The third-order valence-corrected chi connectivity index (χ3v) is 3.11. The van der Waals surface area contributed by atoms with Crippen molar-refractivity contribution in [1.29, 1.82) is 0 Å². The van der Waals surface area contributed by atoms with Crippen LogP contribution in [0.1, 0.15) is 12.0 Å². The van der Waals surface area contributed by atoms with Gasteiger partial charge in [0.1, 0.15) is 0 Å². The Morgan fingerprint density at radius 2 is 2.20 bits per heavy atom. The second kappa shape index (κ2) is 4.47. The summed E-state index contributed by atoms with van der Waals surface area (Å²) in [5.74, 6) is 0. The van der Waals surface area contributed by atoms with Gasteiger partial charge < -0.3 is 4.90 Å². The van der Waals surface area contributed by atoms with Crippen molar-refractivity contribution < 1.29 is 8.78 Å². The first kappa shape index (κ1) is 10.9. The number of alkyl halides is 2. The van der Waals surface area contributed by atoms with Gasteiger partial charge in [-0.1, -0.05) is 15.9 Å². The largest absolute Gasteiger partial charge is 0.366 e. The van der Waals surface area contributed by atoms with Gasteiger partial charge in [-0.15, -0.1) is 0 Å². The van der Waals surface area contributed by atoms with Gasteiger partial charge in [0.2, 0.25) is 0 Å². The van der Waals surface area contributed by atoms with E-state index >= 15 is 0 Å². The molecule has 15 heavy (non-hydrogen) atoms. The van der Waals surface area contributed by atoms with Crippen molar-refractivity contribution in [2.45, 2.75) is 19.3 Å². The van der Waals surface area contributed by atoms with E-state index in [1.54, 1.807) is 4.90 Å². The van der Waals surface area contributed by atoms with Crippen molar-refractivity contribution in [2.75, 3.05) is 18.0 Å². The van der Waals surface area contributed by atoms with Gasteiger partial charge in [-0.3, -0.25) is 0 Å². The number of benzene rings is 1. The molecule has 0 radical (unpaired) electrons. The van der Waals surface area contributed by atoms with Crippen LogP contribution in [0.4, 0.5) is 14.5 Å². The third kappa shape index (κ3) is 2.48. The minimum atomic E-state index is -2.26. The first-order valence-corrected chi connectivity index (χ1v) is 5.77. The molecule has 1 aromatic carbocycles. The molecule has 1 aromatic rings. The SMILES string of the molecule is FC(F)CN1CCCc2cc(Br)ccc21. The first-order valence-electron chi connectivity index (χ1n) is 4.98. The quantitative estimate of drug-likeness (QED) is 0.799. The maximum Gasteiger partial charge on any atom is 0.255 e. The highest BCUT2D eigenvalue weighted by Crippen LogP contribution is 2.29. The van der Waals surface area contributed by atoms with E-state index in [-0.39, 0.29) is 6.54 Å². The molecule has 0 saturated heterocycles. The van der Waals surface area contributed by atoms with Gasteiger partial charge in [0.15, 0.2) is 0 Å². The molecule has 0 bridgehead atoms. The van der Waals surface area contributed by atoms with Crippen molar-refractivity contribution in [2.24, 2.45) is 0 Å². The fraction of sp³-hybridized carbons (Fsp3) is 0.455. The lowest BCUT2D eigenvalue weighted by molar-refractivity contribution is 0.154. The standard InChI is InChI=1S/C11H12BrF2N/c12-9-3-4-10-8(6-9)2-1-5-15(10)7-11(13)14/h3-4,6,11H,1-2,5,7H2. The molecule has 4 heteroatoms. The number of hydrogen-bond donors (Lipinski definition) is 0. The topological polar surface area (TPSA) is 3.24 Å². The van der Waals surface area contributed by atoms with Crippen LogP contribution in [0.25, 0.3) is 0 Å². The van der Waals surface area contributed by atoms with Crippen LogP contribution in [0.2, 0.25) is 0 Å². The van der Waals surface area contributed by atoms with Crippen molar-refractivity contribution in [3.63, 3.8) is 0 Å². The number of aryl methyl sites for hydroxylation is 1. The minimum Gasteiger partial charge on any atom is -0.366 e. The molecule has 0 saturated carbocycles. The Labute approximate surface area is 96.2 Å². The Morgan fingerprint density at radius 1 is 1.40 bits per heavy atom. The molecule has 0 atom stereocenters. The van der Waals surface area contributed by atoms with Crippen LogP contribution in [0.15, 0.2) is 22.7 Å². The normalized spacial score (nSPS) is 15.6. The predicted molar refractivity (Wildman–Crippen MR) is 60.7 cm³/mol. The molecule has 0 aliphatic carbocycles. The molecule has 1 heterocycles. The van der Waals surface area contributed by atoms with Gasteiger partial charge in [0.25, 0.3) is 6.43 Å². The average Bonchev–Trinajstić information content (AvgIpc) is 2.16. The molecule has 0 amide bonds. The Balaban J connectivity index is 2.26. The van der Waals surface area contributed by atoms with E-state index in [0.717, 1.165) is 35.1 Å². The number of anilines is 1. The molecular formula is C11H12BrF2N. The molecule has 82 valence electrons. The van der Waals surface area contributed by atoms with Gasteiger partial charge in [0.05, 0.1) is 6.54 Å². The van der Waals surface area contributed by atoms with Crippen LogP contribution in [-0.4, -0.2) is 19.5 Å². The molecule has 0 aromatic heterocycles. The summed E-state index contributed by atoms with van der Waals surface area (Å²) in [6.07, 6.45) is -0.329. The van der Waals surface area contributed by atoms with Crippen LogP contribution in [0, 0.1) is 0 Å². The summed E-state index contributed by atoms with van der Waals surface area (Å²) in [7, 11) is 0. The van der Waals surface area contributed by atoms with Gasteiger partial charge in [-0.05, 0) is 36.6 Å². The molecule has 0 fully saturated rings.